The van der Waals surface area contributed by atoms with Crippen LogP contribution in [0, 0.1) is 45.3 Å². The third-order valence-corrected chi connectivity index (χ3v) is 19.1. The lowest BCUT2D eigenvalue weighted by molar-refractivity contribution is -0.383. The average molecular weight is 949 g/mol. The summed E-state index contributed by atoms with van der Waals surface area (Å²) < 4.78 is 43.3. The van der Waals surface area contributed by atoms with Crippen LogP contribution in [0.1, 0.15) is 107 Å². The summed E-state index contributed by atoms with van der Waals surface area (Å²) in [5, 5.41) is 132. The standard InChI is InChI=1S/C47H80O19/c1-42(2)27(51)10-12-44(5)26-15-21(50)29-20(47(8)14-11-28(66-47)43(3,4)59)9-13-45(29,6)46(26,7)16-22(38(42)44)61-41-37(34(56)31(53)24(18-49)63-41)65-39-35(57)32(54)25(19-60-39)64-40-36(58)33(55)30(52)23(17-48)62-40/h20-41,48-59H,9-19H2,1-8H3/t20-,21+,22-,23-,24+,25-,26-,27+,28-,29-,30-,31-,32+,33+,34-,35+,36+,37+,38-,39+,40+,41+,44+,45-,46+,47+/m1/s1. The van der Waals surface area contributed by atoms with E-state index in [1.165, 1.54) is 0 Å². The van der Waals surface area contributed by atoms with Crippen molar-refractivity contribution in [1.82, 2.24) is 0 Å². The first kappa shape index (κ1) is 51.6. The maximum atomic E-state index is 12.5. The minimum Gasteiger partial charge on any atom is -0.394 e. The van der Waals surface area contributed by atoms with Gasteiger partial charge in [-0.2, -0.15) is 0 Å². The van der Waals surface area contributed by atoms with Gasteiger partial charge >= 0.3 is 0 Å². The highest BCUT2D eigenvalue weighted by atomic mass is 16.8. The Labute approximate surface area is 387 Å². The van der Waals surface area contributed by atoms with Crippen molar-refractivity contribution in [3.63, 3.8) is 0 Å². The maximum absolute atomic E-state index is 12.5. The Kier molecular flexibility index (Phi) is 14.1. The molecule has 0 spiro atoms. The number of aliphatic hydroxyl groups is 12. The van der Waals surface area contributed by atoms with Gasteiger partial charge < -0.3 is 94.4 Å². The molecule has 0 radical (unpaired) electrons. The quantitative estimate of drug-likeness (QED) is 0.114. The van der Waals surface area contributed by atoms with Gasteiger partial charge in [0.1, 0.15) is 67.1 Å². The first-order chi connectivity index (χ1) is 30.7. The SMILES string of the molecule is CC(C)(O)[C@H]1CC[C@@](C)([C@@H]2CC[C@]3(C)[C@H]2[C@@H](O)C[C@@H]2[C@]4(C)CC[C@H](O)C(C)(C)[C@H]4[C@H](O[C@H]4O[C@@H](CO)[C@@H](O)[C@@H](O)[C@@H]4O[C@@H]4OC[C@@H](O[C@@H]5O[C@H](CO)[C@@H](O)[C@H](O)[C@@H]5O)[C@H](O)[C@@H]4O)C[C@@]23C)O1. The third kappa shape index (κ3) is 8.16. The Morgan fingerprint density at radius 2 is 1.23 bits per heavy atom. The van der Waals surface area contributed by atoms with Crippen LogP contribution in [0.2, 0.25) is 0 Å². The molecular weight excluding hydrogens is 868 g/mol. The van der Waals surface area contributed by atoms with Crippen LogP contribution in [0.5, 0.6) is 0 Å². The van der Waals surface area contributed by atoms with E-state index in [1.807, 2.05) is 13.8 Å². The molecule has 0 aromatic carbocycles. The van der Waals surface area contributed by atoms with Gasteiger partial charge in [0.05, 0.1) is 55.4 Å². The second-order valence-electron chi connectivity index (χ2n) is 23.6. The van der Waals surface area contributed by atoms with Crippen molar-refractivity contribution in [3.05, 3.63) is 0 Å². The zero-order valence-corrected chi connectivity index (χ0v) is 39.7. The first-order valence-corrected chi connectivity index (χ1v) is 24.3. The van der Waals surface area contributed by atoms with E-state index >= 15 is 0 Å². The molecule has 19 nitrogen and oxygen atoms in total. The molecule has 0 unspecified atom stereocenters. The van der Waals surface area contributed by atoms with Gasteiger partial charge in [0, 0.05) is 0 Å². The Morgan fingerprint density at radius 1 is 0.621 bits per heavy atom. The van der Waals surface area contributed by atoms with Crippen molar-refractivity contribution in [2.24, 2.45) is 45.3 Å². The fourth-order valence-electron chi connectivity index (χ4n) is 15.3. The number of aliphatic hydroxyl groups excluding tert-OH is 11. The summed E-state index contributed by atoms with van der Waals surface area (Å²) in [4.78, 5) is 0. The van der Waals surface area contributed by atoms with E-state index in [0.717, 1.165) is 19.3 Å². The summed E-state index contributed by atoms with van der Waals surface area (Å²) in [6.45, 7) is 14.7. The lowest BCUT2D eigenvalue weighted by Crippen LogP contribution is -2.71. The van der Waals surface area contributed by atoms with Crippen LogP contribution in [-0.2, 0) is 33.2 Å². The molecule has 26 atom stereocenters. The van der Waals surface area contributed by atoms with Gasteiger partial charge in [-0.3, -0.25) is 0 Å². The summed E-state index contributed by atoms with van der Waals surface area (Å²) >= 11 is 0. The van der Waals surface area contributed by atoms with Gasteiger partial charge in [0.2, 0.25) is 0 Å². The summed E-state index contributed by atoms with van der Waals surface area (Å²) in [6.07, 6.45) is -19.7. The number of hydrogen-bond donors (Lipinski definition) is 12. The van der Waals surface area contributed by atoms with Gasteiger partial charge in [-0.15, -0.1) is 0 Å². The Hall–Kier alpha value is -0.760. The van der Waals surface area contributed by atoms with Crippen LogP contribution in [-0.4, -0.2) is 203 Å². The lowest BCUT2D eigenvalue weighted by Gasteiger charge is -2.72. The molecule has 66 heavy (non-hydrogen) atoms. The molecule has 4 aliphatic heterocycles. The molecule has 4 heterocycles. The largest absolute Gasteiger partial charge is 0.394 e. The van der Waals surface area contributed by atoms with Crippen molar-refractivity contribution >= 4 is 0 Å². The molecule has 12 N–H and O–H groups in total. The van der Waals surface area contributed by atoms with Gasteiger partial charge in [-0.05, 0) is 117 Å². The average Bonchev–Trinajstić information content (AvgIpc) is 3.85. The molecule has 4 saturated carbocycles. The highest BCUT2D eigenvalue weighted by molar-refractivity contribution is 5.22. The van der Waals surface area contributed by atoms with Crippen LogP contribution in [0.4, 0.5) is 0 Å². The Balaban J connectivity index is 1.08. The molecule has 0 amide bonds. The van der Waals surface area contributed by atoms with E-state index in [2.05, 4.69) is 27.7 Å². The second kappa shape index (κ2) is 18.1. The number of fused-ring (bicyclic) bond motifs is 5. The normalized spacial score (nSPS) is 56.4. The first-order valence-electron chi connectivity index (χ1n) is 24.3. The molecule has 19 heteroatoms. The molecule has 8 rings (SSSR count). The van der Waals surface area contributed by atoms with Crippen LogP contribution in [0.3, 0.4) is 0 Å². The molecule has 0 bridgehead atoms. The predicted molar refractivity (Wildman–Crippen MR) is 228 cm³/mol. The van der Waals surface area contributed by atoms with Crippen molar-refractivity contribution in [2.45, 2.75) is 228 Å². The van der Waals surface area contributed by atoms with Crippen LogP contribution < -0.4 is 0 Å². The molecule has 8 fully saturated rings. The lowest BCUT2D eigenvalue weighted by atomic mass is 9.34. The summed E-state index contributed by atoms with van der Waals surface area (Å²) in [5.41, 5.74) is -3.68. The molecular formula is C47H80O19. The van der Waals surface area contributed by atoms with Gasteiger partial charge in [0.25, 0.3) is 0 Å². The van der Waals surface area contributed by atoms with Crippen molar-refractivity contribution in [1.29, 1.82) is 0 Å². The molecule has 8 aliphatic rings. The fraction of sp³-hybridized carbons (Fsp3) is 1.00. The van der Waals surface area contributed by atoms with Gasteiger partial charge in [-0.25, -0.2) is 0 Å². The molecule has 0 aromatic rings. The van der Waals surface area contributed by atoms with E-state index in [-0.39, 0.29) is 29.8 Å². The molecule has 382 valence electrons. The van der Waals surface area contributed by atoms with E-state index in [0.29, 0.717) is 32.1 Å². The van der Waals surface area contributed by atoms with E-state index in [4.69, 9.17) is 33.2 Å². The Bertz CT molecular complexity index is 1700. The third-order valence-electron chi connectivity index (χ3n) is 19.1. The number of ether oxygens (including phenoxy) is 7. The van der Waals surface area contributed by atoms with Crippen LogP contribution >= 0.6 is 0 Å². The topological polar surface area (TPSA) is 307 Å². The van der Waals surface area contributed by atoms with Crippen LogP contribution in [0.25, 0.3) is 0 Å². The van der Waals surface area contributed by atoms with Gasteiger partial charge in [0.15, 0.2) is 18.9 Å². The monoisotopic (exact) mass is 949 g/mol. The summed E-state index contributed by atoms with van der Waals surface area (Å²) in [5.74, 6) is -0.465. The van der Waals surface area contributed by atoms with Crippen molar-refractivity contribution in [2.75, 3.05) is 19.8 Å². The predicted octanol–water partition coefficient (Wildman–Crippen LogP) is -1.21. The zero-order chi connectivity index (χ0) is 48.4. The Morgan fingerprint density at radius 3 is 1.85 bits per heavy atom. The molecule has 0 aromatic heterocycles. The maximum Gasteiger partial charge on any atom is 0.187 e. The number of hydrogen-bond acceptors (Lipinski definition) is 19. The van der Waals surface area contributed by atoms with E-state index in [9.17, 15) is 61.3 Å². The van der Waals surface area contributed by atoms with Crippen molar-refractivity contribution < 1.29 is 94.4 Å². The number of rotatable bonds is 10. The van der Waals surface area contributed by atoms with E-state index < -0.39 is 157 Å². The van der Waals surface area contributed by atoms with Crippen molar-refractivity contribution in [3.8, 4) is 0 Å². The zero-order valence-electron chi connectivity index (χ0n) is 39.7. The molecule has 4 saturated heterocycles. The van der Waals surface area contributed by atoms with Gasteiger partial charge in [-0.1, -0.05) is 34.6 Å². The minimum atomic E-state index is -1.87. The fourth-order valence-corrected chi connectivity index (χ4v) is 15.3. The highest BCUT2D eigenvalue weighted by Crippen LogP contribution is 2.76. The smallest absolute Gasteiger partial charge is 0.187 e. The van der Waals surface area contributed by atoms with E-state index in [1.54, 1.807) is 13.8 Å². The highest BCUT2D eigenvalue weighted by Gasteiger charge is 2.74. The summed E-state index contributed by atoms with van der Waals surface area (Å²) in [6, 6.07) is 0. The molecule has 4 aliphatic carbocycles. The second-order valence-corrected chi connectivity index (χ2v) is 23.6. The minimum absolute atomic E-state index is 0.000363. The summed E-state index contributed by atoms with van der Waals surface area (Å²) in [7, 11) is 0. The van der Waals surface area contributed by atoms with Crippen LogP contribution in [0.15, 0.2) is 0 Å².